The van der Waals surface area contributed by atoms with Crippen molar-refractivity contribution in [3.05, 3.63) is 0 Å². The van der Waals surface area contributed by atoms with Crippen LogP contribution in [-0.2, 0) is 0 Å². The molecule has 0 aromatic carbocycles. The molecule has 0 amide bonds. The molecular formula is C5H10Br2O2. The Morgan fingerprint density at radius 3 is 2.33 bits per heavy atom. The number of halogens is 2. The maximum absolute atomic E-state index is 8.86. The molecule has 2 N–H and O–H groups in total. The third-order valence-corrected chi connectivity index (χ3v) is 3.25. The molecule has 0 aliphatic rings. The number of alkyl halides is 2. The van der Waals surface area contributed by atoms with Crippen molar-refractivity contribution in [2.75, 3.05) is 11.9 Å². The number of aliphatic hydroxyl groups is 2. The maximum atomic E-state index is 8.86. The Bertz CT molecular complexity index is 62.0. The summed E-state index contributed by atoms with van der Waals surface area (Å²) in [4.78, 5) is 0.250. The fraction of sp³-hybridized carbons (Fsp3) is 1.00. The number of hydrogen-bond acceptors (Lipinski definition) is 2. The summed E-state index contributed by atoms with van der Waals surface area (Å²) in [6, 6.07) is 0. The van der Waals surface area contributed by atoms with Crippen LogP contribution in [0.3, 0.4) is 0 Å². The summed E-state index contributed by atoms with van der Waals surface area (Å²) in [5.74, 6) is 0. The molecule has 0 aliphatic heterocycles. The van der Waals surface area contributed by atoms with Crippen molar-refractivity contribution in [3.8, 4) is 0 Å². The lowest BCUT2D eigenvalue weighted by atomic mass is 10.2. The molecule has 2 nitrogen and oxygen atoms in total. The summed E-state index contributed by atoms with van der Waals surface area (Å²) >= 11 is 6.53. The summed E-state index contributed by atoms with van der Waals surface area (Å²) in [5.41, 5.74) is 0. The third kappa shape index (κ3) is 5.33. The first kappa shape index (κ1) is 9.88. The molecule has 0 aromatic rings. The number of hydrogen-bond donors (Lipinski definition) is 2. The van der Waals surface area contributed by atoms with E-state index in [1.54, 1.807) is 0 Å². The lowest BCUT2D eigenvalue weighted by Gasteiger charge is -2.09. The fourth-order valence-electron chi connectivity index (χ4n) is 0.433. The fourth-order valence-corrected chi connectivity index (χ4v) is 1.13. The minimum absolute atomic E-state index is 0.158. The zero-order chi connectivity index (χ0) is 7.28. The monoisotopic (exact) mass is 260 g/mol. The van der Waals surface area contributed by atoms with Crippen LogP contribution in [0.2, 0.25) is 0 Å². The second-order valence-corrected chi connectivity index (χ2v) is 3.77. The van der Waals surface area contributed by atoms with Gasteiger partial charge in [-0.05, 0) is 6.42 Å². The predicted octanol–water partition coefficient (Wildman–Crippen LogP) is 0.888. The van der Waals surface area contributed by atoms with Crippen LogP contribution in [0, 0.1) is 0 Å². The van der Waals surface area contributed by atoms with E-state index in [2.05, 4.69) is 31.9 Å². The minimum atomic E-state index is -0.591. The van der Waals surface area contributed by atoms with Gasteiger partial charge in [-0.3, -0.25) is 0 Å². The van der Waals surface area contributed by atoms with E-state index in [1.807, 2.05) is 0 Å². The lowest BCUT2D eigenvalue weighted by molar-refractivity contribution is 0.0895. The number of aliphatic hydroxyl groups excluding tert-OH is 2. The highest BCUT2D eigenvalue weighted by Gasteiger charge is 2.08. The molecule has 2 atom stereocenters. The smallest absolute Gasteiger partial charge is 0.0781 e. The van der Waals surface area contributed by atoms with Gasteiger partial charge in [-0.15, -0.1) is 0 Å². The molecule has 0 rings (SSSR count). The van der Waals surface area contributed by atoms with Gasteiger partial charge >= 0.3 is 0 Å². The second-order valence-electron chi connectivity index (χ2n) is 1.82. The number of rotatable bonds is 4. The molecule has 0 saturated heterocycles. The summed E-state index contributed by atoms with van der Waals surface area (Å²) in [7, 11) is 0. The van der Waals surface area contributed by atoms with E-state index in [1.165, 1.54) is 0 Å². The first-order valence-corrected chi connectivity index (χ1v) is 4.73. The topological polar surface area (TPSA) is 40.5 Å². The van der Waals surface area contributed by atoms with Crippen LogP contribution in [0.5, 0.6) is 0 Å². The highest BCUT2D eigenvalue weighted by molar-refractivity contribution is 9.12. The van der Waals surface area contributed by atoms with E-state index in [9.17, 15) is 0 Å². The molecule has 0 aliphatic carbocycles. The van der Waals surface area contributed by atoms with Crippen LogP contribution in [0.15, 0.2) is 0 Å². The van der Waals surface area contributed by atoms with E-state index in [0.29, 0.717) is 6.42 Å². The molecule has 56 valence electrons. The average Bonchev–Trinajstić information content (AvgIpc) is 1.87. The Balaban J connectivity index is 3.22. The van der Waals surface area contributed by atoms with Gasteiger partial charge in [0.1, 0.15) is 0 Å². The molecule has 4 heteroatoms. The van der Waals surface area contributed by atoms with Gasteiger partial charge in [0.2, 0.25) is 0 Å². The van der Waals surface area contributed by atoms with Crippen molar-refractivity contribution in [3.63, 3.8) is 0 Å². The molecular weight excluding hydrogens is 252 g/mol. The van der Waals surface area contributed by atoms with E-state index < -0.39 is 6.10 Å². The van der Waals surface area contributed by atoms with Crippen LogP contribution in [-0.4, -0.2) is 33.1 Å². The van der Waals surface area contributed by atoms with E-state index >= 15 is 0 Å². The zero-order valence-electron chi connectivity index (χ0n) is 4.93. The van der Waals surface area contributed by atoms with Crippen LogP contribution in [0.25, 0.3) is 0 Å². The molecule has 9 heavy (non-hydrogen) atoms. The zero-order valence-corrected chi connectivity index (χ0v) is 8.10. The van der Waals surface area contributed by atoms with Crippen molar-refractivity contribution in [2.24, 2.45) is 0 Å². The Kier molecular flexibility index (Phi) is 6.20. The summed E-state index contributed by atoms with van der Waals surface area (Å²) in [6.45, 7) is -0.158. The molecule has 2 unspecified atom stereocenters. The van der Waals surface area contributed by atoms with Crippen LogP contribution < -0.4 is 0 Å². The van der Waals surface area contributed by atoms with Gasteiger partial charge in [0.05, 0.1) is 12.7 Å². The average molecular weight is 262 g/mol. The SMILES string of the molecule is OCC(O)CC(Br)CBr. The largest absolute Gasteiger partial charge is 0.394 e. The Morgan fingerprint density at radius 2 is 2.00 bits per heavy atom. The predicted molar refractivity (Wildman–Crippen MR) is 44.2 cm³/mol. The summed E-state index contributed by atoms with van der Waals surface area (Å²) in [6.07, 6.45) is -0.00574. The first-order chi connectivity index (χ1) is 4.20. The highest BCUT2D eigenvalue weighted by atomic mass is 79.9. The minimum Gasteiger partial charge on any atom is -0.394 e. The molecule has 0 spiro atoms. The van der Waals surface area contributed by atoms with Crippen molar-refractivity contribution >= 4 is 31.9 Å². The maximum Gasteiger partial charge on any atom is 0.0781 e. The van der Waals surface area contributed by atoms with Crippen LogP contribution in [0.4, 0.5) is 0 Å². The lowest BCUT2D eigenvalue weighted by Crippen LogP contribution is -2.17. The van der Waals surface area contributed by atoms with Crippen LogP contribution >= 0.6 is 31.9 Å². The van der Waals surface area contributed by atoms with E-state index in [0.717, 1.165) is 5.33 Å². The molecule has 0 heterocycles. The van der Waals surface area contributed by atoms with Gasteiger partial charge in [-0.25, -0.2) is 0 Å². The Labute approximate surface area is 71.5 Å². The molecule has 0 saturated carbocycles. The van der Waals surface area contributed by atoms with E-state index in [-0.39, 0.29) is 11.4 Å². The molecule has 0 aromatic heterocycles. The van der Waals surface area contributed by atoms with Gasteiger partial charge in [-0.1, -0.05) is 31.9 Å². The first-order valence-electron chi connectivity index (χ1n) is 2.69. The van der Waals surface area contributed by atoms with Crippen molar-refractivity contribution in [1.29, 1.82) is 0 Å². The van der Waals surface area contributed by atoms with Gasteiger partial charge in [-0.2, -0.15) is 0 Å². The molecule has 0 bridgehead atoms. The standard InChI is InChI=1S/C5H10Br2O2/c6-2-4(7)1-5(9)3-8/h4-5,8-9H,1-3H2. The second kappa shape index (κ2) is 5.65. The Hall–Kier alpha value is 0.880. The van der Waals surface area contributed by atoms with Crippen molar-refractivity contribution in [1.82, 2.24) is 0 Å². The van der Waals surface area contributed by atoms with Gasteiger partial charge in [0.25, 0.3) is 0 Å². The Morgan fingerprint density at radius 1 is 1.44 bits per heavy atom. The van der Waals surface area contributed by atoms with E-state index in [4.69, 9.17) is 10.2 Å². The highest BCUT2D eigenvalue weighted by Crippen LogP contribution is 2.10. The van der Waals surface area contributed by atoms with Gasteiger partial charge < -0.3 is 10.2 Å². The quantitative estimate of drug-likeness (QED) is 0.738. The molecule has 0 fully saturated rings. The van der Waals surface area contributed by atoms with Gasteiger partial charge in [0.15, 0.2) is 0 Å². The van der Waals surface area contributed by atoms with Gasteiger partial charge in [0, 0.05) is 10.2 Å². The van der Waals surface area contributed by atoms with Crippen LogP contribution in [0.1, 0.15) is 6.42 Å². The third-order valence-electron chi connectivity index (χ3n) is 0.906. The van der Waals surface area contributed by atoms with Crippen molar-refractivity contribution in [2.45, 2.75) is 17.4 Å². The summed E-state index contributed by atoms with van der Waals surface area (Å²) in [5, 5.41) is 18.0. The normalized spacial score (nSPS) is 17.3. The molecule has 0 radical (unpaired) electrons. The van der Waals surface area contributed by atoms with Crippen molar-refractivity contribution < 1.29 is 10.2 Å². The summed E-state index contributed by atoms with van der Waals surface area (Å²) < 4.78 is 0.